The molecule has 0 spiro atoms. The lowest BCUT2D eigenvalue weighted by Gasteiger charge is -2.12. The van der Waals surface area contributed by atoms with Crippen molar-refractivity contribution in [3.05, 3.63) is 58.1 Å². The Kier molecular flexibility index (Phi) is 5.05. The molecular weight excluding hydrogens is 395 g/mol. The van der Waals surface area contributed by atoms with Crippen LogP contribution in [0.3, 0.4) is 0 Å². The summed E-state index contributed by atoms with van der Waals surface area (Å²) in [7, 11) is -4.00. The third kappa shape index (κ3) is 4.26. The van der Waals surface area contributed by atoms with Gasteiger partial charge in [0, 0.05) is 10.2 Å². The molecule has 124 valence electrons. The molecule has 0 aliphatic heterocycles. The fraction of sp³-hybridized carbons (Fsp3) is 0.200. The van der Waals surface area contributed by atoms with Crippen LogP contribution in [0.5, 0.6) is 0 Å². The van der Waals surface area contributed by atoms with E-state index in [-0.39, 0.29) is 9.37 Å². The van der Waals surface area contributed by atoms with Gasteiger partial charge in [0.15, 0.2) is 0 Å². The third-order valence-corrected chi connectivity index (χ3v) is 5.49. The van der Waals surface area contributed by atoms with Crippen molar-refractivity contribution in [2.45, 2.75) is 24.4 Å². The van der Waals surface area contributed by atoms with E-state index in [1.807, 2.05) is 13.0 Å². The molecule has 8 heteroatoms. The molecule has 2 rings (SSSR count). The number of anilines is 1. The quantitative estimate of drug-likeness (QED) is 0.788. The van der Waals surface area contributed by atoms with Crippen molar-refractivity contribution in [2.24, 2.45) is 0 Å². The van der Waals surface area contributed by atoms with E-state index in [1.165, 1.54) is 0 Å². The molecule has 2 aromatic rings. The SMILES string of the molecule is CCc1cccc(NS(=O)(=O)c2ccc(C(F)(F)F)cc2Br)c1. The zero-order valence-electron chi connectivity index (χ0n) is 12.0. The highest BCUT2D eigenvalue weighted by Crippen LogP contribution is 2.34. The summed E-state index contributed by atoms with van der Waals surface area (Å²) in [6.07, 6.45) is -3.80. The van der Waals surface area contributed by atoms with Crippen molar-refractivity contribution in [1.29, 1.82) is 0 Å². The Balaban J connectivity index is 2.36. The molecule has 2 aromatic carbocycles. The third-order valence-electron chi connectivity index (χ3n) is 3.14. The Morgan fingerprint density at radius 3 is 2.39 bits per heavy atom. The molecule has 0 aliphatic carbocycles. The average molecular weight is 408 g/mol. The number of hydrogen-bond donors (Lipinski definition) is 1. The number of alkyl halides is 3. The Morgan fingerprint density at radius 1 is 1.13 bits per heavy atom. The van der Waals surface area contributed by atoms with Crippen LogP contribution in [0.2, 0.25) is 0 Å². The van der Waals surface area contributed by atoms with Gasteiger partial charge in [-0.25, -0.2) is 8.42 Å². The van der Waals surface area contributed by atoms with E-state index in [4.69, 9.17) is 0 Å². The Hall–Kier alpha value is -1.54. The summed E-state index contributed by atoms with van der Waals surface area (Å²) >= 11 is 2.90. The first kappa shape index (κ1) is 17.8. The molecule has 0 unspecified atom stereocenters. The summed E-state index contributed by atoms with van der Waals surface area (Å²) in [5.74, 6) is 0. The van der Waals surface area contributed by atoms with Crippen molar-refractivity contribution in [3.63, 3.8) is 0 Å². The van der Waals surface area contributed by atoms with Crippen LogP contribution in [0.25, 0.3) is 0 Å². The molecule has 0 atom stereocenters. The first-order valence-corrected chi connectivity index (χ1v) is 8.89. The van der Waals surface area contributed by atoms with Crippen LogP contribution in [0.1, 0.15) is 18.1 Å². The van der Waals surface area contributed by atoms with E-state index in [0.717, 1.165) is 30.2 Å². The minimum atomic E-state index is -4.53. The van der Waals surface area contributed by atoms with Gasteiger partial charge in [0.25, 0.3) is 10.0 Å². The van der Waals surface area contributed by atoms with Crippen molar-refractivity contribution in [3.8, 4) is 0 Å². The van der Waals surface area contributed by atoms with Crippen molar-refractivity contribution in [1.82, 2.24) is 0 Å². The van der Waals surface area contributed by atoms with Crippen LogP contribution in [-0.4, -0.2) is 8.42 Å². The van der Waals surface area contributed by atoms with Gasteiger partial charge >= 0.3 is 6.18 Å². The smallest absolute Gasteiger partial charge is 0.280 e. The molecule has 0 fully saturated rings. The summed E-state index contributed by atoms with van der Waals surface area (Å²) < 4.78 is 64.9. The molecule has 0 saturated carbocycles. The van der Waals surface area contributed by atoms with Crippen LogP contribution in [0.15, 0.2) is 51.8 Å². The largest absolute Gasteiger partial charge is 0.416 e. The monoisotopic (exact) mass is 407 g/mol. The molecule has 0 amide bonds. The van der Waals surface area contributed by atoms with Gasteiger partial charge in [-0.05, 0) is 58.2 Å². The molecule has 0 aliphatic rings. The number of benzene rings is 2. The van der Waals surface area contributed by atoms with E-state index in [2.05, 4.69) is 20.7 Å². The lowest BCUT2D eigenvalue weighted by molar-refractivity contribution is -0.137. The van der Waals surface area contributed by atoms with Gasteiger partial charge in [0.1, 0.15) is 4.90 Å². The van der Waals surface area contributed by atoms with Crippen LogP contribution in [0.4, 0.5) is 18.9 Å². The number of hydrogen-bond acceptors (Lipinski definition) is 2. The van der Waals surface area contributed by atoms with Crippen LogP contribution >= 0.6 is 15.9 Å². The number of nitrogens with one attached hydrogen (secondary N) is 1. The second-order valence-corrected chi connectivity index (χ2v) is 7.31. The highest BCUT2D eigenvalue weighted by Gasteiger charge is 2.32. The molecule has 0 aromatic heterocycles. The maximum atomic E-state index is 12.6. The van der Waals surface area contributed by atoms with E-state index in [9.17, 15) is 21.6 Å². The van der Waals surface area contributed by atoms with Gasteiger partial charge in [-0.2, -0.15) is 13.2 Å². The number of aryl methyl sites for hydroxylation is 1. The lowest BCUT2D eigenvalue weighted by Crippen LogP contribution is -2.14. The zero-order valence-corrected chi connectivity index (χ0v) is 14.4. The Bertz CT molecular complexity index is 820. The Labute approximate surface area is 140 Å². The predicted octanol–water partition coefficient (Wildman–Crippen LogP) is 4.83. The topological polar surface area (TPSA) is 46.2 Å². The van der Waals surface area contributed by atoms with E-state index in [1.54, 1.807) is 18.2 Å². The van der Waals surface area contributed by atoms with Gasteiger partial charge in [-0.3, -0.25) is 4.72 Å². The lowest BCUT2D eigenvalue weighted by atomic mass is 10.1. The summed E-state index contributed by atoms with van der Waals surface area (Å²) in [5, 5.41) is 0. The second kappa shape index (κ2) is 6.52. The summed E-state index contributed by atoms with van der Waals surface area (Å²) in [4.78, 5) is -0.257. The van der Waals surface area contributed by atoms with E-state index >= 15 is 0 Å². The molecule has 0 bridgehead atoms. The second-order valence-electron chi connectivity index (χ2n) is 4.80. The van der Waals surface area contributed by atoms with Gasteiger partial charge in [-0.15, -0.1) is 0 Å². The highest BCUT2D eigenvalue weighted by atomic mass is 79.9. The molecular formula is C15H13BrF3NO2S. The summed E-state index contributed by atoms with van der Waals surface area (Å²) in [6, 6.07) is 9.23. The highest BCUT2D eigenvalue weighted by molar-refractivity contribution is 9.10. The number of rotatable bonds is 4. The standard InChI is InChI=1S/C15H13BrF3NO2S/c1-2-10-4-3-5-12(8-10)20-23(21,22)14-7-6-11(9-13(14)16)15(17,18)19/h3-9,20H,2H2,1H3. The van der Waals surface area contributed by atoms with Gasteiger partial charge in [0.2, 0.25) is 0 Å². The maximum Gasteiger partial charge on any atom is 0.416 e. The normalized spacial score (nSPS) is 12.2. The minimum absolute atomic E-state index is 0.147. The van der Waals surface area contributed by atoms with Crippen molar-refractivity contribution >= 4 is 31.6 Å². The van der Waals surface area contributed by atoms with E-state index < -0.39 is 21.8 Å². The number of sulfonamides is 1. The van der Waals surface area contributed by atoms with Gasteiger partial charge in [-0.1, -0.05) is 19.1 Å². The average Bonchev–Trinajstić information content (AvgIpc) is 2.45. The molecule has 1 N–H and O–H groups in total. The molecule has 0 saturated heterocycles. The Morgan fingerprint density at radius 2 is 1.83 bits per heavy atom. The molecule has 0 heterocycles. The number of halogens is 4. The van der Waals surface area contributed by atoms with Gasteiger partial charge in [0.05, 0.1) is 5.56 Å². The van der Waals surface area contributed by atoms with Gasteiger partial charge < -0.3 is 0 Å². The van der Waals surface area contributed by atoms with Crippen LogP contribution < -0.4 is 4.72 Å². The first-order valence-electron chi connectivity index (χ1n) is 6.62. The van der Waals surface area contributed by atoms with Crippen molar-refractivity contribution < 1.29 is 21.6 Å². The first-order chi connectivity index (χ1) is 10.6. The minimum Gasteiger partial charge on any atom is -0.280 e. The molecule has 0 radical (unpaired) electrons. The van der Waals surface area contributed by atoms with Crippen LogP contribution in [-0.2, 0) is 22.6 Å². The molecule has 3 nitrogen and oxygen atoms in total. The van der Waals surface area contributed by atoms with Crippen molar-refractivity contribution in [2.75, 3.05) is 4.72 Å². The predicted molar refractivity (Wildman–Crippen MR) is 85.8 cm³/mol. The van der Waals surface area contributed by atoms with Crippen LogP contribution in [0, 0.1) is 0 Å². The summed E-state index contributed by atoms with van der Waals surface area (Å²) in [5.41, 5.74) is 0.379. The molecule has 23 heavy (non-hydrogen) atoms. The zero-order chi connectivity index (χ0) is 17.3. The van der Waals surface area contributed by atoms with E-state index in [0.29, 0.717) is 5.69 Å². The fourth-order valence-corrected chi connectivity index (χ4v) is 4.09. The maximum absolute atomic E-state index is 12.6. The fourth-order valence-electron chi connectivity index (χ4n) is 1.96. The summed E-state index contributed by atoms with van der Waals surface area (Å²) in [6.45, 7) is 1.93.